The van der Waals surface area contributed by atoms with E-state index in [1.807, 2.05) is 42.5 Å². The van der Waals surface area contributed by atoms with Crippen molar-refractivity contribution in [3.8, 4) is 0 Å². The van der Waals surface area contributed by atoms with Gasteiger partial charge in [0.1, 0.15) is 5.71 Å². The van der Waals surface area contributed by atoms with Gasteiger partial charge in [-0.25, -0.2) is 4.79 Å². The molecule has 0 aliphatic carbocycles. The van der Waals surface area contributed by atoms with E-state index in [1.165, 1.54) is 0 Å². The molecule has 1 spiro atoms. The minimum Gasteiger partial charge on any atom is -0.386 e. The summed E-state index contributed by atoms with van der Waals surface area (Å²) in [6.07, 6.45) is 5.34. The Morgan fingerprint density at radius 2 is 1.77 bits per heavy atom. The van der Waals surface area contributed by atoms with Crippen molar-refractivity contribution in [2.45, 2.75) is 38.0 Å². The molecule has 4 rings (SSSR count). The highest BCUT2D eigenvalue weighted by Gasteiger charge is 2.45. The molecule has 1 atom stereocenters. The lowest BCUT2D eigenvalue weighted by Crippen LogP contribution is -2.53. The SMILES string of the molecule is O=C(NCc1ccncc1)C1=NO[C@@]2(CCCN(C(=O)NCc3ccccc3)C2)C1. The Labute approximate surface area is 175 Å². The molecule has 0 bridgehead atoms. The summed E-state index contributed by atoms with van der Waals surface area (Å²) in [7, 11) is 0. The summed E-state index contributed by atoms with van der Waals surface area (Å²) in [5, 5.41) is 9.87. The Morgan fingerprint density at radius 1 is 1.03 bits per heavy atom. The fourth-order valence-corrected chi connectivity index (χ4v) is 3.80. The number of piperidine rings is 1. The molecule has 30 heavy (non-hydrogen) atoms. The number of hydrogen-bond acceptors (Lipinski definition) is 5. The smallest absolute Gasteiger partial charge is 0.317 e. The number of urea groups is 1. The first-order valence-corrected chi connectivity index (χ1v) is 10.1. The number of pyridine rings is 1. The van der Waals surface area contributed by atoms with Gasteiger partial charge in [0.15, 0.2) is 5.60 Å². The van der Waals surface area contributed by atoms with Crippen LogP contribution in [-0.4, -0.2) is 46.2 Å². The molecule has 1 saturated heterocycles. The highest BCUT2D eigenvalue weighted by molar-refractivity contribution is 6.39. The van der Waals surface area contributed by atoms with Crippen LogP contribution in [0.25, 0.3) is 0 Å². The summed E-state index contributed by atoms with van der Waals surface area (Å²) >= 11 is 0. The van der Waals surface area contributed by atoms with Crippen LogP contribution < -0.4 is 10.6 Å². The minimum absolute atomic E-state index is 0.128. The van der Waals surface area contributed by atoms with Crippen molar-refractivity contribution in [2.24, 2.45) is 5.16 Å². The molecule has 8 nitrogen and oxygen atoms in total. The second kappa shape index (κ2) is 8.94. The predicted octanol–water partition coefficient (Wildman–Crippen LogP) is 2.22. The van der Waals surface area contributed by atoms with Gasteiger partial charge in [-0.1, -0.05) is 35.5 Å². The Bertz CT molecular complexity index is 919. The Morgan fingerprint density at radius 3 is 2.57 bits per heavy atom. The summed E-state index contributed by atoms with van der Waals surface area (Å²) < 4.78 is 0. The van der Waals surface area contributed by atoms with Crippen molar-refractivity contribution in [2.75, 3.05) is 13.1 Å². The van der Waals surface area contributed by atoms with Gasteiger partial charge in [-0.2, -0.15) is 0 Å². The van der Waals surface area contributed by atoms with Gasteiger partial charge in [0.05, 0.1) is 6.54 Å². The normalized spacial score (nSPS) is 20.4. The highest BCUT2D eigenvalue weighted by Crippen LogP contribution is 2.33. The average molecular weight is 407 g/mol. The number of benzene rings is 1. The molecule has 156 valence electrons. The quantitative estimate of drug-likeness (QED) is 0.794. The number of carbonyl (C=O) groups is 2. The largest absolute Gasteiger partial charge is 0.386 e. The van der Waals surface area contributed by atoms with Crippen molar-refractivity contribution in [3.05, 3.63) is 66.0 Å². The van der Waals surface area contributed by atoms with Gasteiger partial charge in [-0.05, 0) is 36.1 Å². The van der Waals surface area contributed by atoms with E-state index in [9.17, 15) is 9.59 Å². The average Bonchev–Trinajstić information content (AvgIpc) is 3.20. The standard InChI is InChI=1S/C22H25N5O3/c28-20(24-14-18-7-10-23-11-8-18)19-13-22(30-26-19)9-4-12-27(16-22)21(29)25-15-17-5-2-1-3-6-17/h1-3,5-8,10-11H,4,9,12-16H2,(H,24,28)(H,25,29)/t22-/m0/s1. The Kier molecular flexibility index (Phi) is 5.92. The van der Waals surface area contributed by atoms with Gasteiger partial charge >= 0.3 is 6.03 Å². The first-order valence-electron chi connectivity index (χ1n) is 10.1. The van der Waals surface area contributed by atoms with Crippen LogP contribution in [0, 0.1) is 0 Å². The number of carbonyl (C=O) groups excluding carboxylic acids is 2. The van der Waals surface area contributed by atoms with E-state index in [0.29, 0.717) is 38.3 Å². The van der Waals surface area contributed by atoms with Crippen molar-refractivity contribution >= 4 is 17.6 Å². The monoisotopic (exact) mass is 407 g/mol. The summed E-state index contributed by atoms with van der Waals surface area (Å²) in [4.78, 5) is 36.5. The molecule has 8 heteroatoms. The molecule has 0 radical (unpaired) electrons. The number of rotatable bonds is 5. The van der Waals surface area contributed by atoms with Crippen molar-refractivity contribution in [1.82, 2.24) is 20.5 Å². The molecule has 1 fully saturated rings. The van der Waals surface area contributed by atoms with Gasteiger partial charge in [0.25, 0.3) is 5.91 Å². The second-order valence-electron chi connectivity index (χ2n) is 7.70. The fraction of sp³-hybridized carbons (Fsp3) is 0.364. The zero-order chi connectivity index (χ0) is 20.8. The van der Waals surface area contributed by atoms with E-state index in [4.69, 9.17) is 4.84 Å². The van der Waals surface area contributed by atoms with Crippen LogP contribution in [0.15, 0.2) is 60.0 Å². The lowest BCUT2D eigenvalue weighted by atomic mass is 9.88. The van der Waals surface area contributed by atoms with Crippen LogP contribution >= 0.6 is 0 Å². The van der Waals surface area contributed by atoms with Crippen LogP contribution in [-0.2, 0) is 22.7 Å². The number of likely N-dealkylation sites (tertiary alicyclic amines) is 1. The maximum Gasteiger partial charge on any atom is 0.317 e. The van der Waals surface area contributed by atoms with E-state index in [2.05, 4.69) is 20.8 Å². The molecule has 2 aliphatic heterocycles. The van der Waals surface area contributed by atoms with Crippen LogP contribution in [0.4, 0.5) is 4.79 Å². The van der Waals surface area contributed by atoms with E-state index < -0.39 is 5.60 Å². The highest BCUT2D eigenvalue weighted by atomic mass is 16.7. The maximum absolute atomic E-state index is 12.6. The summed E-state index contributed by atoms with van der Waals surface area (Å²) in [6.45, 7) is 1.96. The molecule has 3 amide bonds. The molecular weight excluding hydrogens is 382 g/mol. The summed E-state index contributed by atoms with van der Waals surface area (Å²) in [5.41, 5.74) is 1.76. The molecular formula is C22H25N5O3. The number of nitrogens with zero attached hydrogens (tertiary/aromatic N) is 3. The first-order chi connectivity index (χ1) is 14.6. The van der Waals surface area contributed by atoms with Gasteiger partial charge in [-0.3, -0.25) is 9.78 Å². The lowest BCUT2D eigenvalue weighted by Gasteiger charge is -2.38. The molecule has 2 aromatic rings. The third kappa shape index (κ3) is 4.76. The lowest BCUT2D eigenvalue weighted by molar-refractivity contribution is -0.115. The second-order valence-corrected chi connectivity index (χ2v) is 7.70. The molecule has 2 aliphatic rings. The molecule has 1 aromatic carbocycles. The number of oxime groups is 1. The van der Waals surface area contributed by atoms with Crippen LogP contribution in [0.5, 0.6) is 0 Å². The molecule has 3 heterocycles. The van der Waals surface area contributed by atoms with Gasteiger partial charge < -0.3 is 20.4 Å². The summed E-state index contributed by atoms with van der Waals surface area (Å²) in [5.74, 6) is -0.241. The van der Waals surface area contributed by atoms with Crippen molar-refractivity contribution < 1.29 is 14.4 Å². The first kappa shape index (κ1) is 19.9. The van der Waals surface area contributed by atoms with Gasteiger partial charge in [0, 0.05) is 38.4 Å². The van der Waals surface area contributed by atoms with E-state index >= 15 is 0 Å². The minimum atomic E-state index is -0.619. The Hall–Kier alpha value is -3.42. The predicted molar refractivity (Wildman–Crippen MR) is 111 cm³/mol. The van der Waals surface area contributed by atoms with Gasteiger partial charge in [0.2, 0.25) is 0 Å². The third-order valence-electron chi connectivity index (χ3n) is 5.42. The van der Waals surface area contributed by atoms with Gasteiger partial charge in [-0.15, -0.1) is 0 Å². The molecule has 0 unspecified atom stereocenters. The zero-order valence-electron chi connectivity index (χ0n) is 16.7. The van der Waals surface area contributed by atoms with E-state index in [1.54, 1.807) is 17.3 Å². The molecule has 2 N–H and O–H groups in total. The number of aromatic nitrogens is 1. The Balaban J connectivity index is 1.28. The number of amides is 3. The van der Waals surface area contributed by atoms with Crippen LogP contribution in [0.3, 0.4) is 0 Å². The van der Waals surface area contributed by atoms with E-state index in [0.717, 1.165) is 24.0 Å². The maximum atomic E-state index is 12.6. The molecule has 0 saturated carbocycles. The number of nitrogens with one attached hydrogen (secondary N) is 2. The fourth-order valence-electron chi connectivity index (χ4n) is 3.80. The van der Waals surface area contributed by atoms with Crippen LogP contribution in [0.1, 0.15) is 30.4 Å². The summed E-state index contributed by atoms with van der Waals surface area (Å²) in [6, 6.07) is 13.4. The molecule has 1 aromatic heterocycles. The third-order valence-corrected chi connectivity index (χ3v) is 5.42. The van der Waals surface area contributed by atoms with Crippen LogP contribution in [0.2, 0.25) is 0 Å². The van der Waals surface area contributed by atoms with E-state index in [-0.39, 0.29) is 11.9 Å². The topological polar surface area (TPSA) is 95.9 Å². The van der Waals surface area contributed by atoms with Crippen molar-refractivity contribution in [1.29, 1.82) is 0 Å². The zero-order valence-corrected chi connectivity index (χ0v) is 16.7. The number of hydrogen-bond donors (Lipinski definition) is 2. The van der Waals surface area contributed by atoms with Crippen molar-refractivity contribution in [3.63, 3.8) is 0 Å².